The number of aromatic nitrogens is 1. The molecule has 2 aromatic rings. The van der Waals surface area contributed by atoms with E-state index in [2.05, 4.69) is 10.2 Å². The molecule has 130 valence electrons. The Morgan fingerprint density at radius 3 is 2.44 bits per heavy atom. The van der Waals surface area contributed by atoms with E-state index < -0.39 is 0 Å². The van der Waals surface area contributed by atoms with E-state index in [9.17, 15) is 10.1 Å². The summed E-state index contributed by atoms with van der Waals surface area (Å²) in [5.41, 5.74) is 2.45. The minimum Gasteiger partial charge on any atom is -0.481 e. The van der Waals surface area contributed by atoms with Crippen LogP contribution in [0.1, 0.15) is 36.5 Å². The number of hydrogen-bond donors (Lipinski definition) is 0. The lowest BCUT2D eigenvalue weighted by Gasteiger charge is -2.15. The molecule has 0 aliphatic rings. The average Bonchev–Trinajstić information content (AvgIpc) is 2.61. The molecule has 6 heteroatoms. The maximum absolute atomic E-state index is 12.6. The van der Waals surface area contributed by atoms with Gasteiger partial charge in [-0.2, -0.15) is 10.4 Å². The first-order valence-electron chi connectivity index (χ1n) is 8.23. The standard InChI is InChI=1S/C19H22N4O2/c1-5-6-11-23-18(24)16(12-20)14(3)17(19(23)25-4)22-21-15-9-7-13(2)8-10-15/h7-10H,5-6,11H2,1-4H3. The summed E-state index contributed by atoms with van der Waals surface area (Å²) >= 11 is 0. The van der Waals surface area contributed by atoms with Crippen LogP contribution in [0.25, 0.3) is 0 Å². The zero-order valence-corrected chi connectivity index (χ0v) is 15.0. The van der Waals surface area contributed by atoms with Crippen molar-refractivity contribution >= 4 is 11.4 Å². The first-order chi connectivity index (χ1) is 12.0. The summed E-state index contributed by atoms with van der Waals surface area (Å²) in [6.45, 7) is 6.20. The van der Waals surface area contributed by atoms with Crippen LogP contribution in [-0.4, -0.2) is 11.7 Å². The minimum absolute atomic E-state index is 0.0785. The van der Waals surface area contributed by atoms with Gasteiger partial charge in [0, 0.05) is 12.1 Å². The van der Waals surface area contributed by atoms with Crippen molar-refractivity contribution in [1.29, 1.82) is 5.26 Å². The van der Waals surface area contributed by atoms with Crippen LogP contribution in [-0.2, 0) is 6.54 Å². The van der Waals surface area contributed by atoms with Crippen molar-refractivity contribution in [3.05, 3.63) is 51.3 Å². The van der Waals surface area contributed by atoms with Gasteiger partial charge in [0.15, 0.2) is 5.69 Å². The molecular weight excluding hydrogens is 316 g/mol. The van der Waals surface area contributed by atoms with E-state index in [1.807, 2.05) is 44.2 Å². The molecule has 6 nitrogen and oxygen atoms in total. The fraction of sp³-hybridized carbons (Fsp3) is 0.368. The van der Waals surface area contributed by atoms with E-state index in [1.54, 1.807) is 6.92 Å². The largest absolute Gasteiger partial charge is 0.481 e. The SMILES string of the molecule is CCCCn1c(OC)c(N=Nc2ccc(C)cc2)c(C)c(C#N)c1=O. The number of aryl methyl sites for hydroxylation is 1. The lowest BCUT2D eigenvalue weighted by molar-refractivity contribution is 0.362. The molecule has 0 bridgehead atoms. The number of benzene rings is 1. The number of unbranched alkanes of at least 4 members (excludes halogenated alkanes) is 1. The van der Waals surface area contributed by atoms with Gasteiger partial charge in [0.1, 0.15) is 11.6 Å². The molecule has 0 amide bonds. The molecule has 0 saturated heterocycles. The third-order valence-corrected chi connectivity index (χ3v) is 3.98. The fourth-order valence-corrected chi connectivity index (χ4v) is 2.49. The van der Waals surface area contributed by atoms with Gasteiger partial charge < -0.3 is 4.74 Å². The molecule has 0 saturated carbocycles. The topological polar surface area (TPSA) is 79.7 Å². The van der Waals surface area contributed by atoms with E-state index in [4.69, 9.17) is 4.74 Å². The summed E-state index contributed by atoms with van der Waals surface area (Å²) in [6.07, 6.45) is 1.73. The van der Waals surface area contributed by atoms with E-state index >= 15 is 0 Å². The van der Waals surface area contributed by atoms with Crippen LogP contribution in [0.5, 0.6) is 5.88 Å². The van der Waals surface area contributed by atoms with Crippen LogP contribution in [0, 0.1) is 25.2 Å². The normalized spacial score (nSPS) is 10.8. The maximum Gasteiger partial charge on any atom is 0.271 e. The van der Waals surface area contributed by atoms with Crippen LogP contribution in [0.4, 0.5) is 11.4 Å². The van der Waals surface area contributed by atoms with Gasteiger partial charge in [-0.25, -0.2) is 0 Å². The Balaban J connectivity index is 2.60. The fourth-order valence-electron chi connectivity index (χ4n) is 2.49. The Morgan fingerprint density at radius 1 is 1.20 bits per heavy atom. The molecule has 0 unspecified atom stereocenters. The van der Waals surface area contributed by atoms with Crippen molar-refractivity contribution in [3.8, 4) is 11.9 Å². The number of pyridine rings is 1. The van der Waals surface area contributed by atoms with Crippen molar-refractivity contribution in [1.82, 2.24) is 4.57 Å². The highest BCUT2D eigenvalue weighted by Gasteiger charge is 2.20. The van der Waals surface area contributed by atoms with Crippen LogP contribution in [0.2, 0.25) is 0 Å². The molecule has 0 atom stereocenters. The summed E-state index contributed by atoms with van der Waals surface area (Å²) < 4.78 is 6.91. The maximum atomic E-state index is 12.6. The van der Waals surface area contributed by atoms with Gasteiger partial charge in [0.25, 0.3) is 5.56 Å². The summed E-state index contributed by atoms with van der Waals surface area (Å²) in [5.74, 6) is 0.339. The Morgan fingerprint density at radius 2 is 1.88 bits per heavy atom. The minimum atomic E-state index is -0.348. The zero-order chi connectivity index (χ0) is 18.4. The van der Waals surface area contributed by atoms with Gasteiger partial charge in [-0.1, -0.05) is 31.0 Å². The number of hydrogen-bond acceptors (Lipinski definition) is 5. The summed E-state index contributed by atoms with van der Waals surface area (Å²) in [6, 6.07) is 9.60. The van der Waals surface area contributed by atoms with Crippen LogP contribution < -0.4 is 10.3 Å². The second-order valence-electron chi connectivity index (χ2n) is 5.82. The molecule has 1 heterocycles. The van der Waals surface area contributed by atoms with E-state index in [-0.39, 0.29) is 11.1 Å². The van der Waals surface area contributed by atoms with Gasteiger partial charge in [-0.3, -0.25) is 9.36 Å². The molecule has 0 radical (unpaired) electrons. The van der Waals surface area contributed by atoms with Crippen molar-refractivity contribution in [3.63, 3.8) is 0 Å². The van der Waals surface area contributed by atoms with Gasteiger partial charge in [-0.05, 0) is 32.4 Å². The molecule has 1 aromatic carbocycles. The highest BCUT2D eigenvalue weighted by Crippen LogP contribution is 2.33. The number of azo groups is 1. The molecule has 0 N–H and O–H groups in total. The van der Waals surface area contributed by atoms with E-state index in [1.165, 1.54) is 11.7 Å². The van der Waals surface area contributed by atoms with E-state index in [0.29, 0.717) is 29.4 Å². The smallest absolute Gasteiger partial charge is 0.271 e. The lowest BCUT2D eigenvalue weighted by Crippen LogP contribution is -2.25. The number of ether oxygens (including phenoxy) is 1. The second kappa shape index (κ2) is 8.25. The predicted molar refractivity (Wildman–Crippen MR) is 97.0 cm³/mol. The van der Waals surface area contributed by atoms with Crippen LogP contribution >= 0.6 is 0 Å². The molecular formula is C19H22N4O2. The van der Waals surface area contributed by atoms with Crippen LogP contribution in [0.15, 0.2) is 39.3 Å². The molecule has 0 spiro atoms. The monoisotopic (exact) mass is 338 g/mol. The molecule has 0 fully saturated rings. The van der Waals surface area contributed by atoms with Crippen molar-refractivity contribution < 1.29 is 4.74 Å². The highest BCUT2D eigenvalue weighted by molar-refractivity contribution is 5.59. The molecule has 1 aromatic heterocycles. The van der Waals surface area contributed by atoms with Crippen molar-refractivity contribution in [2.75, 3.05) is 7.11 Å². The Hall–Kier alpha value is -2.94. The van der Waals surface area contributed by atoms with Gasteiger partial charge in [0.2, 0.25) is 5.88 Å². The molecule has 25 heavy (non-hydrogen) atoms. The van der Waals surface area contributed by atoms with E-state index in [0.717, 1.165) is 18.4 Å². The second-order valence-corrected chi connectivity index (χ2v) is 5.82. The Kier molecular flexibility index (Phi) is 6.07. The molecule has 0 aliphatic carbocycles. The average molecular weight is 338 g/mol. The summed E-state index contributed by atoms with van der Waals surface area (Å²) in [4.78, 5) is 12.6. The predicted octanol–water partition coefficient (Wildman–Crippen LogP) is 4.56. The lowest BCUT2D eigenvalue weighted by atomic mass is 10.1. The van der Waals surface area contributed by atoms with Crippen molar-refractivity contribution in [2.45, 2.75) is 40.2 Å². The number of nitrogens with zero attached hydrogens (tertiary/aromatic N) is 4. The summed E-state index contributed by atoms with van der Waals surface area (Å²) in [7, 11) is 1.49. The molecule has 0 aliphatic heterocycles. The third-order valence-electron chi connectivity index (χ3n) is 3.98. The van der Waals surface area contributed by atoms with Gasteiger partial charge >= 0.3 is 0 Å². The first kappa shape index (κ1) is 18.4. The quantitative estimate of drug-likeness (QED) is 0.724. The van der Waals surface area contributed by atoms with Gasteiger partial charge in [-0.15, -0.1) is 5.11 Å². The zero-order valence-electron chi connectivity index (χ0n) is 15.0. The van der Waals surface area contributed by atoms with Crippen molar-refractivity contribution in [2.24, 2.45) is 10.2 Å². The third kappa shape index (κ3) is 3.94. The molecule has 2 rings (SSSR count). The summed E-state index contributed by atoms with van der Waals surface area (Å²) in [5, 5.41) is 17.9. The number of rotatable bonds is 6. The number of nitriles is 1. The number of methoxy groups -OCH3 is 1. The first-order valence-corrected chi connectivity index (χ1v) is 8.23. The highest BCUT2D eigenvalue weighted by atomic mass is 16.5. The Labute approximate surface area is 147 Å². The van der Waals surface area contributed by atoms with Crippen LogP contribution in [0.3, 0.4) is 0 Å². The Bertz CT molecular complexity index is 874. The van der Waals surface area contributed by atoms with Gasteiger partial charge in [0.05, 0.1) is 12.8 Å².